The normalized spacial score (nSPS) is 13.8. The molecule has 0 aliphatic rings. The van der Waals surface area contributed by atoms with Crippen molar-refractivity contribution in [1.82, 2.24) is 0 Å². The van der Waals surface area contributed by atoms with Crippen molar-refractivity contribution in [2.75, 3.05) is 13.7 Å². The molecule has 0 amide bonds. The van der Waals surface area contributed by atoms with Crippen LogP contribution in [0, 0.1) is 0 Å². The quantitative estimate of drug-likeness (QED) is 0.365. The molecule has 0 N–H and O–H groups in total. The van der Waals surface area contributed by atoms with Crippen molar-refractivity contribution in [2.45, 2.75) is 27.2 Å². The summed E-state index contributed by atoms with van der Waals surface area (Å²) in [6.45, 7) is 6.70. The molecule has 0 unspecified atom stereocenters. The van der Waals surface area contributed by atoms with E-state index >= 15 is 0 Å². The SMILES string of the molecule is CC\C=C(OC)/C(C)=N/C=N\CC. The van der Waals surface area contributed by atoms with Gasteiger partial charge in [-0.3, -0.25) is 4.99 Å². The second-order valence-corrected chi connectivity index (χ2v) is 2.51. The van der Waals surface area contributed by atoms with E-state index in [9.17, 15) is 0 Å². The fourth-order valence-corrected chi connectivity index (χ4v) is 0.837. The van der Waals surface area contributed by atoms with Gasteiger partial charge in [-0.25, -0.2) is 4.99 Å². The third-order valence-corrected chi connectivity index (χ3v) is 1.48. The minimum absolute atomic E-state index is 0.761. The monoisotopic (exact) mass is 182 g/mol. The zero-order chi connectivity index (χ0) is 10.1. The molecular formula is C10H18N2O. The molecule has 3 heteroatoms. The summed E-state index contributed by atoms with van der Waals surface area (Å²) in [4.78, 5) is 8.13. The molecule has 0 fully saturated rings. The molecule has 0 spiro atoms. The van der Waals surface area contributed by atoms with Crippen molar-refractivity contribution in [2.24, 2.45) is 9.98 Å². The minimum atomic E-state index is 0.761. The average molecular weight is 182 g/mol. The lowest BCUT2D eigenvalue weighted by Gasteiger charge is -2.03. The highest BCUT2D eigenvalue weighted by Gasteiger charge is 1.97. The van der Waals surface area contributed by atoms with Crippen molar-refractivity contribution in [1.29, 1.82) is 0 Å². The van der Waals surface area contributed by atoms with E-state index in [1.807, 2.05) is 19.9 Å². The topological polar surface area (TPSA) is 34.0 Å². The van der Waals surface area contributed by atoms with Crippen molar-refractivity contribution in [3.63, 3.8) is 0 Å². The number of hydrogen-bond donors (Lipinski definition) is 0. The Morgan fingerprint density at radius 1 is 1.38 bits per heavy atom. The largest absolute Gasteiger partial charge is 0.495 e. The first kappa shape index (κ1) is 11.9. The number of allylic oxidation sites excluding steroid dienone is 2. The summed E-state index contributed by atoms with van der Waals surface area (Å²) in [6, 6.07) is 0. The molecule has 0 aromatic carbocycles. The molecule has 0 aromatic heterocycles. The molecule has 13 heavy (non-hydrogen) atoms. The Hall–Kier alpha value is -1.12. The van der Waals surface area contributed by atoms with Gasteiger partial charge in [0.05, 0.1) is 12.8 Å². The minimum Gasteiger partial charge on any atom is -0.495 e. The first-order valence-electron chi connectivity index (χ1n) is 4.53. The lowest BCUT2D eigenvalue weighted by Crippen LogP contribution is -2.00. The fraction of sp³-hybridized carbons (Fsp3) is 0.600. The average Bonchev–Trinajstić information content (AvgIpc) is 2.14. The summed E-state index contributed by atoms with van der Waals surface area (Å²) >= 11 is 0. The van der Waals surface area contributed by atoms with Gasteiger partial charge < -0.3 is 4.74 Å². The number of hydrogen-bond acceptors (Lipinski definition) is 2. The molecule has 0 bridgehead atoms. The van der Waals surface area contributed by atoms with Crippen LogP contribution < -0.4 is 0 Å². The summed E-state index contributed by atoms with van der Waals surface area (Å²) in [5.41, 5.74) is 0.863. The third kappa shape index (κ3) is 5.17. The van der Waals surface area contributed by atoms with E-state index in [-0.39, 0.29) is 0 Å². The molecule has 3 nitrogen and oxygen atoms in total. The van der Waals surface area contributed by atoms with Crippen molar-refractivity contribution in [3.05, 3.63) is 11.8 Å². The molecule has 0 saturated heterocycles. The van der Waals surface area contributed by atoms with Crippen molar-refractivity contribution in [3.8, 4) is 0 Å². The Morgan fingerprint density at radius 2 is 2.08 bits per heavy atom. The predicted molar refractivity (Wildman–Crippen MR) is 57.5 cm³/mol. The smallest absolute Gasteiger partial charge is 0.136 e. The van der Waals surface area contributed by atoms with E-state index in [1.165, 1.54) is 0 Å². The van der Waals surface area contributed by atoms with Crippen LogP contribution in [-0.4, -0.2) is 25.7 Å². The second kappa shape index (κ2) is 7.53. The van der Waals surface area contributed by atoms with Gasteiger partial charge >= 0.3 is 0 Å². The Kier molecular flexibility index (Phi) is 6.88. The molecule has 74 valence electrons. The fourth-order valence-electron chi connectivity index (χ4n) is 0.837. The summed E-state index contributed by atoms with van der Waals surface area (Å²) < 4.78 is 5.15. The molecule has 0 aliphatic carbocycles. The van der Waals surface area contributed by atoms with Gasteiger partial charge in [-0.05, 0) is 26.3 Å². The number of aliphatic imine (C=N–C) groups is 2. The maximum atomic E-state index is 5.15. The summed E-state index contributed by atoms with van der Waals surface area (Å²) in [5.74, 6) is 0.824. The van der Waals surface area contributed by atoms with Crippen LogP contribution in [0.4, 0.5) is 0 Å². The molecule has 0 rings (SSSR count). The lowest BCUT2D eigenvalue weighted by atomic mass is 10.3. The molecule has 0 radical (unpaired) electrons. The van der Waals surface area contributed by atoms with Gasteiger partial charge in [0.15, 0.2) is 0 Å². The van der Waals surface area contributed by atoms with Gasteiger partial charge in [0, 0.05) is 6.54 Å². The molecule has 0 atom stereocenters. The van der Waals surface area contributed by atoms with Gasteiger partial charge in [0.2, 0.25) is 0 Å². The lowest BCUT2D eigenvalue weighted by molar-refractivity contribution is 0.313. The van der Waals surface area contributed by atoms with Gasteiger partial charge in [-0.15, -0.1) is 0 Å². The standard InChI is InChI=1S/C10H18N2O/c1-5-7-10(13-4)9(3)12-8-11-6-2/h7-8H,5-6H2,1-4H3/b10-7+,11-8-,12-9+. The molecule has 0 saturated carbocycles. The zero-order valence-electron chi connectivity index (χ0n) is 8.87. The zero-order valence-corrected chi connectivity index (χ0v) is 8.87. The van der Waals surface area contributed by atoms with E-state index in [1.54, 1.807) is 13.4 Å². The van der Waals surface area contributed by atoms with Crippen LogP contribution in [0.15, 0.2) is 21.8 Å². The van der Waals surface area contributed by atoms with Crippen LogP contribution in [0.25, 0.3) is 0 Å². The molecule has 0 aromatic rings. The highest BCUT2D eigenvalue weighted by molar-refractivity contribution is 6.00. The van der Waals surface area contributed by atoms with Crippen LogP contribution >= 0.6 is 0 Å². The van der Waals surface area contributed by atoms with E-state index < -0.39 is 0 Å². The van der Waals surface area contributed by atoms with E-state index in [0.29, 0.717) is 0 Å². The third-order valence-electron chi connectivity index (χ3n) is 1.48. The van der Waals surface area contributed by atoms with E-state index in [2.05, 4.69) is 16.9 Å². The van der Waals surface area contributed by atoms with Gasteiger partial charge in [-0.2, -0.15) is 0 Å². The number of nitrogens with zero attached hydrogens (tertiary/aromatic N) is 2. The Bertz CT molecular complexity index is 217. The molecule has 0 aliphatic heterocycles. The first-order valence-corrected chi connectivity index (χ1v) is 4.53. The number of ether oxygens (including phenoxy) is 1. The van der Waals surface area contributed by atoms with Crippen LogP contribution in [-0.2, 0) is 4.74 Å². The number of rotatable bonds is 5. The second-order valence-electron chi connectivity index (χ2n) is 2.51. The van der Waals surface area contributed by atoms with Crippen LogP contribution in [0.3, 0.4) is 0 Å². The Balaban J connectivity index is 4.35. The van der Waals surface area contributed by atoms with Crippen LogP contribution in [0.1, 0.15) is 27.2 Å². The van der Waals surface area contributed by atoms with E-state index in [4.69, 9.17) is 4.74 Å². The molecule has 0 heterocycles. The van der Waals surface area contributed by atoms with Crippen LogP contribution in [0.5, 0.6) is 0 Å². The highest BCUT2D eigenvalue weighted by atomic mass is 16.5. The maximum absolute atomic E-state index is 5.15. The Morgan fingerprint density at radius 3 is 2.54 bits per heavy atom. The predicted octanol–water partition coefficient (Wildman–Crippen LogP) is 2.44. The molecular weight excluding hydrogens is 164 g/mol. The Labute approximate surface area is 80.2 Å². The van der Waals surface area contributed by atoms with Gasteiger partial charge in [-0.1, -0.05) is 6.92 Å². The van der Waals surface area contributed by atoms with Crippen molar-refractivity contribution < 1.29 is 4.74 Å². The first-order chi connectivity index (χ1) is 6.26. The highest BCUT2D eigenvalue weighted by Crippen LogP contribution is 2.00. The van der Waals surface area contributed by atoms with Crippen LogP contribution in [0.2, 0.25) is 0 Å². The van der Waals surface area contributed by atoms with Crippen molar-refractivity contribution >= 4 is 12.1 Å². The number of methoxy groups -OCH3 is 1. The van der Waals surface area contributed by atoms with E-state index in [0.717, 1.165) is 24.4 Å². The summed E-state index contributed by atoms with van der Waals surface area (Å²) in [5, 5.41) is 0. The van der Waals surface area contributed by atoms with Gasteiger partial charge in [0.1, 0.15) is 12.1 Å². The maximum Gasteiger partial charge on any atom is 0.136 e. The van der Waals surface area contributed by atoms with Gasteiger partial charge in [0.25, 0.3) is 0 Å². The summed E-state index contributed by atoms with van der Waals surface area (Å²) in [7, 11) is 1.65. The summed E-state index contributed by atoms with van der Waals surface area (Å²) in [6.07, 6.45) is 4.51.